The molecule has 0 aliphatic carbocycles. The number of nitrogens with two attached hydrogens (primary N) is 1. The number of carbonyl (C=O) groups is 1. The molecule has 1 heterocycles. The molecule has 0 aliphatic rings. The summed E-state index contributed by atoms with van der Waals surface area (Å²) in [6, 6.07) is 5.09. The van der Waals surface area contributed by atoms with Crippen LogP contribution in [0.3, 0.4) is 0 Å². The molecule has 1 amide bonds. The highest BCUT2D eigenvalue weighted by Gasteiger charge is 2.10. The lowest BCUT2D eigenvalue weighted by Crippen LogP contribution is -2.29. The zero-order valence-electron chi connectivity index (χ0n) is 11.0. The smallest absolute Gasteiger partial charge is 0.265 e. The number of amides is 1. The van der Waals surface area contributed by atoms with Gasteiger partial charge in [0, 0.05) is 11.8 Å². The minimum Gasteiger partial charge on any atom is -0.495 e. The number of nitrogens with one attached hydrogen (secondary N) is 1. The van der Waals surface area contributed by atoms with Gasteiger partial charge in [0.2, 0.25) is 0 Å². The van der Waals surface area contributed by atoms with Crippen molar-refractivity contribution < 1.29 is 9.53 Å². The summed E-state index contributed by atoms with van der Waals surface area (Å²) in [4.78, 5) is 15.6. The van der Waals surface area contributed by atoms with Crippen LogP contribution >= 0.6 is 24.8 Å². The molecule has 20 heavy (non-hydrogen) atoms. The number of hydrazine groups is 1. The molecule has 8 heteroatoms. The van der Waals surface area contributed by atoms with Gasteiger partial charge in [-0.3, -0.25) is 10.2 Å². The number of imidazole rings is 1. The van der Waals surface area contributed by atoms with E-state index in [1.54, 1.807) is 31.6 Å². The van der Waals surface area contributed by atoms with Crippen LogP contribution in [0.5, 0.6) is 5.75 Å². The molecule has 0 saturated carbocycles. The van der Waals surface area contributed by atoms with E-state index in [0.29, 0.717) is 11.3 Å². The summed E-state index contributed by atoms with van der Waals surface area (Å²) in [5, 5.41) is 0. The zero-order chi connectivity index (χ0) is 13.1. The molecule has 6 nitrogen and oxygen atoms in total. The summed E-state index contributed by atoms with van der Waals surface area (Å²) in [6.45, 7) is 1.90. The third-order valence-electron chi connectivity index (χ3n) is 2.56. The molecular formula is C12H16Cl2N4O2. The van der Waals surface area contributed by atoms with E-state index in [1.165, 1.54) is 0 Å². The predicted molar refractivity (Wildman–Crippen MR) is 81.0 cm³/mol. The maximum Gasteiger partial charge on any atom is 0.265 e. The van der Waals surface area contributed by atoms with Gasteiger partial charge in [0.05, 0.1) is 24.8 Å². The van der Waals surface area contributed by atoms with E-state index in [-0.39, 0.29) is 30.7 Å². The Morgan fingerprint density at radius 3 is 2.60 bits per heavy atom. The molecule has 0 spiro atoms. The molecule has 0 atom stereocenters. The monoisotopic (exact) mass is 318 g/mol. The Balaban J connectivity index is 0.00000180. The van der Waals surface area contributed by atoms with Gasteiger partial charge < -0.3 is 9.30 Å². The molecule has 0 unspecified atom stereocenters. The van der Waals surface area contributed by atoms with Crippen LogP contribution in [-0.2, 0) is 0 Å². The number of rotatable bonds is 3. The number of nitrogen functional groups attached to an aromatic ring is 1. The van der Waals surface area contributed by atoms with Crippen LogP contribution in [-0.4, -0.2) is 22.6 Å². The Labute approximate surface area is 129 Å². The summed E-state index contributed by atoms with van der Waals surface area (Å²) in [5.41, 5.74) is 4.24. The highest BCUT2D eigenvalue weighted by atomic mass is 35.5. The molecule has 2 aromatic rings. The lowest BCUT2D eigenvalue weighted by molar-refractivity contribution is 0.0953. The lowest BCUT2D eigenvalue weighted by Gasteiger charge is -2.10. The number of benzene rings is 1. The summed E-state index contributed by atoms with van der Waals surface area (Å²) in [7, 11) is 1.55. The van der Waals surface area contributed by atoms with Gasteiger partial charge >= 0.3 is 0 Å². The molecule has 3 N–H and O–H groups in total. The second-order valence-corrected chi connectivity index (χ2v) is 3.78. The van der Waals surface area contributed by atoms with Gasteiger partial charge in [0.15, 0.2) is 0 Å². The molecular weight excluding hydrogens is 303 g/mol. The van der Waals surface area contributed by atoms with Gasteiger partial charge in [0.1, 0.15) is 5.75 Å². The fourth-order valence-electron chi connectivity index (χ4n) is 1.67. The first kappa shape index (κ1) is 18.2. The number of halogens is 2. The van der Waals surface area contributed by atoms with Gasteiger partial charge in [-0.15, -0.1) is 24.8 Å². The summed E-state index contributed by atoms with van der Waals surface area (Å²) < 4.78 is 7.11. The van der Waals surface area contributed by atoms with Crippen molar-refractivity contribution in [1.82, 2.24) is 15.0 Å². The van der Waals surface area contributed by atoms with Gasteiger partial charge in [-0.1, -0.05) is 0 Å². The standard InChI is InChI=1S/C12H14N4O2.2ClH/c1-8-6-16(7-14-8)10-4-3-9(12(17)15-13)5-11(10)18-2;;/h3-7H,13H2,1-2H3,(H,15,17);2*1H. The average molecular weight is 319 g/mol. The van der Waals surface area contributed by atoms with Crippen molar-refractivity contribution in [3.05, 3.63) is 42.0 Å². The molecule has 0 radical (unpaired) electrons. The van der Waals surface area contributed by atoms with E-state index in [4.69, 9.17) is 10.6 Å². The largest absolute Gasteiger partial charge is 0.495 e. The third-order valence-corrected chi connectivity index (χ3v) is 2.56. The third kappa shape index (κ3) is 3.63. The number of aryl methyl sites for hydroxylation is 1. The van der Waals surface area contributed by atoms with Crippen molar-refractivity contribution in [2.75, 3.05) is 7.11 Å². The van der Waals surface area contributed by atoms with E-state index < -0.39 is 0 Å². The first-order valence-corrected chi connectivity index (χ1v) is 5.35. The zero-order valence-corrected chi connectivity index (χ0v) is 12.6. The second kappa shape index (κ2) is 7.74. The fourth-order valence-corrected chi connectivity index (χ4v) is 1.67. The van der Waals surface area contributed by atoms with Gasteiger partial charge in [0.25, 0.3) is 5.91 Å². The maximum absolute atomic E-state index is 11.4. The Kier molecular flexibility index (Phi) is 7.06. The van der Waals surface area contributed by atoms with Crippen LogP contribution in [0.15, 0.2) is 30.7 Å². The topological polar surface area (TPSA) is 82.2 Å². The second-order valence-electron chi connectivity index (χ2n) is 3.78. The van der Waals surface area contributed by atoms with Crippen molar-refractivity contribution in [3.8, 4) is 11.4 Å². The minimum absolute atomic E-state index is 0. The molecule has 2 rings (SSSR count). The van der Waals surface area contributed by atoms with Crippen LogP contribution in [0, 0.1) is 6.92 Å². The van der Waals surface area contributed by atoms with Crippen LogP contribution in [0.25, 0.3) is 5.69 Å². The van der Waals surface area contributed by atoms with Gasteiger partial charge in [-0.25, -0.2) is 10.8 Å². The molecule has 0 aliphatic heterocycles. The van der Waals surface area contributed by atoms with Crippen molar-refractivity contribution >= 4 is 30.7 Å². The number of methoxy groups -OCH3 is 1. The number of aromatic nitrogens is 2. The van der Waals surface area contributed by atoms with Crippen LogP contribution < -0.4 is 16.0 Å². The Hall–Kier alpha value is -1.76. The molecule has 1 aromatic heterocycles. The van der Waals surface area contributed by atoms with Crippen molar-refractivity contribution in [2.24, 2.45) is 5.84 Å². The first-order chi connectivity index (χ1) is 8.65. The number of ether oxygens (including phenoxy) is 1. The Morgan fingerprint density at radius 2 is 2.10 bits per heavy atom. The highest BCUT2D eigenvalue weighted by Crippen LogP contribution is 2.24. The van der Waals surface area contributed by atoms with E-state index >= 15 is 0 Å². The van der Waals surface area contributed by atoms with Gasteiger partial charge in [-0.05, 0) is 25.1 Å². The lowest BCUT2D eigenvalue weighted by atomic mass is 10.1. The fraction of sp³-hybridized carbons (Fsp3) is 0.167. The number of hydrogen-bond donors (Lipinski definition) is 2. The molecule has 0 saturated heterocycles. The molecule has 1 aromatic carbocycles. The van der Waals surface area contributed by atoms with E-state index in [9.17, 15) is 4.79 Å². The van der Waals surface area contributed by atoms with E-state index in [1.807, 2.05) is 17.7 Å². The first-order valence-electron chi connectivity index (χ1n) is 5.35. The minimum atomic E-state index is -0.360. The maximum atomic E-state index is 11.4. The summed E-state index contributed by atoms with van der Waals surface area (Å²) in [5.74, 6) is 5.31. The van der Waals surface area contributed by atoms with Crippen molar-refractivity contribution in [2.45, 2.75) is 6.92 Å². The van der Waals surface area contributed by atoms with Crippen molar-refractivity contribution in [3.63, 3.8) is 0 Å². The summed E-state index contributed by atoms with van der Waals surface area (Å²) in [6.07, 6.45) is 3.57. The number of carbonyl (C=O) groups excluding carboxylic acids is 1. The quantitative estimate of drug-likeness (QED) is 0.512. The van der Waals surface area contributed by atoms with Gasteiger partial charge in [-0.2, -0.15) is 0 Å². The number of nitrogens with zero attached hydrogens (tertiary/aromatic N) is 2. The SMILES string of the molecule is COc1cc(C(=O)NN)ccc1-n1cnc(C)c1.Cl.Cl. The predicted octanol–water partition coefficient (Wildman–Crippen LogP) is 1.64. The number of hydrogen-bond acceptors (Lipinski definition) is 4. The molecule has 0 bridgehead atoms. The Bertz CT molecular complexity index is 587. The molecule has 0 fully saturated rings. The summed E-state index contributed by atoms with van der Waals surface area (Å²) >= 11 is 0. The van der Waals surface area contributed by atoms with Crippen LogP contribution in [0.4, 0.5) is 0 Å². The van der Waals surface area contributed by atoms with Crippen LogP contribution in [0.2, 0.25) is 0 Å². The van der Waals surface area contributed by atoms with Crippen molar-refractivity contribution in [1.29, 1.82) is 0 Å². The average Bonchev–Trinajstić information content (AvgIpc) is 2.83. The van der Waals surface area contributed by atoms with E-state index in [0.717, 1.165) is 11.4 Å². The van der Waals surface area contributed by atoms with E-state index in [2.05, 4.69) is 10.4 Å². The molecule has 110 valence electrons. The normalized spacial score (nSPS) is 9.15. The highest BCUT2D eigenvalue weighted by molar-refractivity contribution is 5.94. The van der Waals surface area contributed by atoms with Crippen LogP contribution in [0.1, 0.15) is 16.1 Å². The Morgan fingerprint density at radius 1 is 1.40 bits per heavy atom.